The molecule has 0 radical (unpaired) electrons. The van der Waals surface area contributed by atoms with E-state index in [0.717, 1.165) is 25.3 Å². The van der Waals surface area contributed by atoms with Crippen LogP contribution in [0.2, 0.25) is 0 Å². The van der Waals surface area contributed by atoms with Gasteiger partial charge >= 0.3 is 0 Å². The van der Waals surface area contributed by atoms with Gasteiger partial charge in [0.05, 0.1) is 13.3 Å². The Bertz CT molecular complexity index is 339. The quantitative estimate of drug-likeness (QED) is 0.680. The molecule has 0 amide bonds. The highest BCUT2D eigenvalue weighted by Crippen LogP contribution is 2.19. The van der Waals surface area contributed by atoms with E-state index in [9.17, 15) is 0 Å². The van der Waals surface area contributed by atoms with Gasteiger partial charge in [0.1, 0.15) is 5.75 Å². The molecular formula is C14H23NO2. The average Bonchev–Trinajstić information content (AvgIpc) is 2.30. The minimum Gasteiger partial charge on any atom is -0.494 e. The predicted octanol–water partition coefficient (Wildman–Crippen LogP) is 2.47. The lowest BCUT2D eigenvalue weighted by atomic mass is 10.1. The Labute approximate surface area is 104 Å². The van der Waals surface area contributed by atoms with Crippen LogP contribution in [0, 0.1) is 6.92 Å². The van der Waals surface area contributed by atoms with Gasteiger partial charge in [0, 0.05) is 13.7 Å². The smallest absolute Gasteiger partial charge is 0.122 e. The zero-order chi connectivity index (χ0) is 12.7. The van der Waals surface area contributed by atoms with Crippen molar-refractivity contribution in [3.63, 3.8) is 0 Å². The van der Waals surface area contributed by atoms with Gasteiger partial charge in [0.15, 0.2) is 0 Å². The number of ether oxygens (including phenoxy) is 2. The number of rotatable bonds is 7. The first-order chi connectivity index (χ1) is 8.17. The number of benzene rings is 1. The van der Waals surface area contributed by atoms with Gasteiger partial charge in [-0.2, -0.15) is 0 Å². The maximum Gasteiger partial charge on any atom is 0.122 e. The largest absolute Gasteiger partial charge is 0.494 e. The van der Waals surface area contributed by atoms with Gasteiger partial charge in [0.2, 0.25) is 0 Å². The second-order valence-electron chi connectivity index (χ2n) is 4.28. The number of nitrogens with zero attached hydrogens (tertiary/aromatic N) is 1. The maximum absolute atomic E-state index is 5.53. The highest BCUT2D eigenvalue weighted by Gasteiger charge is 2.02. The van der Waals surface area contributed by atoms with Crippen LogP contribution in [0.4, 0.5) is 0 Å². The highest BCUT2D eigenvalue weighted by atomic mass is 16.5. The Kier molecular flexibility index (Phi) is 6.01. The van der Waals surface area contributed by atoms with E-state index in [4.69, 9.17) is 9.47 Å². The summed E-state index contributed by atoms with van der Waals surface area (Å²) in [6.07, 6.45) is 1.03. The molecule has 96 valence electrons. The van der Waals surface area contributed by atoms with Gasteiger partial charge in [0.25, 0.3) is 0 Å². The summed E-state index contributed by atoms with van der Waals surface area (Å²) in [7, 11) is 3.78. The topological polar surface area (TPSA) is 21.7 Å². The minimum atomic E-state index is 0.677. The fourth-order valence-corrected chi connectivity index (χ4v) is 1.79. The highest BCUT2D eigenvalue weighted by molar-refractivity contribution is 5.36. The van der Waals surface area contributed by atoms with E-state index in [1.807, 2.05) is 6.92 Å². The van der Waals surface area contributed by atoms with Crippen molar-refractivity contribution < 1.29 is 9.47 Å². The number of hydrogen-bond donors (Lipinski definition) is 0. The second-order valence-corrected chi connectivity index (χ2v) is 4.28. The van der Waals surface area contributed by atoms with Gasteiger partial charge in [-0.05, 0) is 44.5 Å². The summed E-state index contributed by atoms with van der Waals surface area (Å²) < 4.78 is 10.6. The third-order valence-corrected chi connectivity index (χ3v) is 2.67. The molecule has 0 saturated heterocycles. The van der Waals surface area contributed by atoms with Crippen molar-refractivity contribution >= 4 is 0 Å². The van der Waals surface area contributed by atoms with Crippen molar-refractivity contribution in [3.8, 4) is 5.75 Å². The van der Waals surface area contributed by atoms with Crippen LogP contribution in [0.5, 0.6) is 5.75 Å². The SMILES string of the molecule is CCOc1ccc(CCN(C)COC)cc1C. The molecule has 0 aliphatic carbocycles. The lowest BCUT2D eigenvalue weighted by Gasteiger charge is -2.15. The third kappa shape index (κ3) is 4.75. The average molecular weight is 237 g/mol. The van der Waals surface area contributed by atoms with Crippen molar-refractivity contribution in [1.29, 1.82) is 0 Å². The third-order valence-electron chi connectivity index (χ3n) is 2.67. The summed E-state index contributed by atoms with van der Waals surface area (Å²) in [4.78, 5) is 2.16. The number of aryl methyl sites for hydroxylation is 1. The Balaban J connectivity index is 2.52. The molecule has 0 aromatic heterocycles. The van der Waals surface area contributed by atoms with Gasteiger partial charge in [-0.15, -0.1) is 0 Å². The van der Waals surface area contributed by atoms with E-state index in [1.54, 1.807) is 7.11 Å². The van der Waals surface area contributed by atoms with E-state index < -0.39 is 0 Å². The maximum atomic E-state index is 5.53. The van der Waals surface area contributed by atoms with E-state index >= 15 is 0 Å². The molecule has 1 rings (SSSR count). The molecule has 0 saturated carbocycles. The summed E-state index contributed by atoms with van der Waals surface area (Å²) in [6, 6.07) is 6.40. The lowest BCUT2D eigenvalue weighted by Crippen LogP contribution is -2.23. The zero-order valence-corrected chi connectivity index (χ0v) is 11.3. The standard InChI is InChI=1S/C14H23NO2/c1-5-17-14-7-6-13(10-12(14)2)8-9-15(3)11-16-4/h6-7,10H,5,8-9,11H2,1-4H3. The molecule has 0 N–H and O–H groups in total. The summed E-state index contributed by atoms with van der Waals surface area (Å²) >= 11 is 0. The Hall–Kier alpha value is -1.06. The van der Waals surface area contributed by atoms with Crippen LogP contribution in [-0.2, 0) is 11.2 Å². The van der Waals surface area contributed by atoms with E-state index in [1.165, 1.54) is 11.1 Å². The normalized spacial score (nSPS) is 10.9. The molecular weight excluding hydrogens is 214 g/mol. The van der Waals surface area contributed by atoms with Crippen molar-refractivity contribution in [2.45, 2.75) is 20.3 Å². The van der Waals surface area contributed by atoms with Crippen LogP contribution in [0.15, 0.2) is 18.2 Å². The van der Waals surface area contributed by atoms with Crippen LogP contribution >= 0.6 is 0 Å². The van der Waals surface area contributed by atoms with Crippen LogP contribution in [-0.4, -0.2) is 38.9 Å². The Morgan fingerprint density at radius 2 is 2.06 bits per heavy atom. The molecule has 0 bridgehead atoms. The predicted molar refractivity (Wildman–Crippen MR) is 70.6 cm³/mol. The van der Waals surface area contributed by atoms with Crippen LogP contribution in [0.3, 0.4) is 0 Å². The van der Waals surface area contributed by atoms with Crippen LogP contribution in [0.1, 0.15) is 18.1 Å². The first-order valence-corrected chi connectivity index (χ1v) is 6.07. The molecule has 3 nitrogen and oxygen atoms in total. The van der Waals surface area contributed by atoms with Crippen molar-refractivity contribution in [3.05, 3.63) is 29.3 Å². The number of methoxy groups -OCH3 is 1. The molecule has 3 heteroatoms. The van der Waals surface area contributed by atoms with E-state index in [2.05, 4.69) is 37.1 Å². The summed E-state index contributed by atoms with van der Waals surface area (Å²) in [5.41, 5.74) is 2.55. The van der Waals surface area contributed by atoms with E-state index in [-0.39, 0.29) is 0 Å². The molecule has 0 atom stereocenters. The summed E-state index contributed by atoms with van der Waals surface area (Å²) in [5, 5.41) is 0. The van der Waals surface area contributed by atoms with Gasteiger partial charge in [-0.25, -0.2) is 0 Å². The molecule has 1 aromatic rings. The van der Waals surface area contributed by atoms with Crippen LogP contribution < -0.4 is 4.74 Å². The molecule has 0 aliphatic heterocycles. The van der Waals surface area contributed by atoms with Gasteiger partial charge in [-0.3, -0.25) is 4.90 Å². The second kappa shape index (κ2) is 7.30. The molecule has 1 aromatic carbocycles. The molecule has 0 unspecified atom stereocenters. The first-order valence-electron chi connectivity index (χ1n) is 6.07. The zero-order valence-electron chi connectivity index (χ0n) is 11.3. The first kappa shape index (κ1) is 14.0. The van der Waals surface area contributed by atoms with Gasteiger partial charge < -0.3 is 9.47 Å². The van der Waals surface area contributed by atoms with Crippen molar-refractivity contribution in [2.75, 3.05) is 34.0 Å². The van der Waals surface area contributed by atoms with Crippen molar-refractivity contribution in [1.82, 2.24) is 4.90 Å². The molecule has 0 heterocycles. The fraction of sp³-hybridized carbons (Fsp3) is 0.571. The van der Waals surface area contributed by atoms with Gasteiger partial charge in [-0.1, -0.05) is 12.1 Å². The molecule has 0 fully saturated rings. The minimum absolute atomic E-state index is 0.677. The lowest BCUT2D eigenvalue weighted by molar-refractivity contribution is 0.0827. The number of hydrogen-bond acceptors (Lipinski definition) is 3. The summed E-state index contributed by atoms with van der Waals surface area (Å²) in [5.74, 6) is 0.987. The van der Waals surface area contributed by atoms with Crippen LogP contribution in [0.25, 0.3) is 0 Å². The molecule has 0 spiro atoms. The Morgan fingerprint density at radius 3 is 2.65 bits per heavy atom. The fourth-order valence-electron chi connectivity index (χ4n) is 1.79. The Morgan fingerprint density at radius 1 is 1.29 bits per heavy atom. The molecule has 17 heavy (non-hydrogen) atoms. The summed E-state index contributed by atoms with van der Waals surface area (Å²) in [6.45, 7) is 6.49. The molecule has 0 aliphatic rings. The van der Waals surface area contributed by atoms with Crippen molar-refractivity contribution in [2.24, 2.45) is 0 Å². The number of likely N-dealkylation sites (N-methyl/N-ethyl adjacent to an activating group) is 1. The monoisotopic (exact) mass is 237 g/mol. The van der Waals surface area contributed by atoms with E-state index in [0.29, 0.717) is 6.73 Å².